The Kier molecular flexibility index (Phi) is 5.71. The van der Waals surface area contributed by atoms with Crippen molar-refractivity contribution >= 4 is 5.91 Å². The van der Waals surface area contributed by atoms with Gasteiger partial charge in [0.05, 0.1) is 17.9 Å². The van der Waals surface area contributed by atoms with Crippen molar-refractivity contribution in [2.45, 2.75) is 52.7 Å². The number of carbonyl (C=O) groups excluding carboxylic acids is 1. The normalized spacial score (nSPS) is 16.8. The van der Waals surface area contributed by atoms with E-state index in [9.17, 15) is 4.79 Å². The highest BCUT2D eigenvalue weighted by molar-refractivity contribution is 5.78. The number of hydrogen-bond donors (Lipinski definition) is 1. The first kappa shape index (κ1) is 16.7. The molecule has 1 saturated heterocycles. The second-order valence-electron chi connectivity index (χ2n) is 6.22. The molecule has 0 aliphatic carbocycles. The van der Waals surface area contributed by atoms with Gasteiger partial charge < -0.3 is 10.1 Å². The summed E-state index contributed by atoms with van der Waals surface area (Å²) in [7, 11) is 0. The van der Waals surface area contributed by atoms with Gasteiger partial charge in [0.15, 0.2) is 0 Å². The molecule has 1 amide bonds. The molecule has 0 spiro atoms. The van der Waals surface area contributed by atoms with E-state index in [0.717, 1.165) is 37.3 Å². The van der Waals surface area contributed by atoms with Crippen molar-refractivity contribution < 1.29 is 9.53 Å². The van der Waals surface area contributed by atoms with Crippen molar-refractivity contribution in [1.82, 2.24) is 20.2 Å². The van der Waals surface area contributed by atoms with E-state index < -0.39 is 0 Å². The summed E-state index contributed by atoms with van der Waals surface area (Å²) in [5.74, 6) is 0.728. The average molecular weight is 306 g/mol. The number of aryl methyl sites for hydroxylation is 2. The summed E-state index contributed by atoms with van der Waals surface area (Å²) in [5.41, 5.74) is 1.69. The first-order valence-electron chi connectivity index (χ1n) is 7.92. The monoisotopic (exact) mass is 306 g/mol. The minimum absolute atomic E-state index is 0.0924. The fourth-order valence-electron chi connectivity index (χ4n) is 2.54. The number of rotatable bonds is 5. The summed E-state index contributed by atoms with van der Waals surface area (Å²) in [6.07, 6.45) is 3.71. The number of likely N-dealkylation sites (tertiary alicyclic amines) is 1. The van der Waals surface area contributed by atoms with Crippen LogP contribution in [0.25, 0.3) is 0 Å². The zero-order valence-corrected chi connectivity index (χ0v) is 13.9. The summed E-state index contributed by atoms with van der Waals surface area (Å²) >= 11 is 0. The average Bonchev–Trinajstić information content (AvgIpc) is 2.44. The van der Waals surface area contributed by atoms with E-state index >= 15 is 0 Å². The van der Waals surface area contributed by atoms with Gasteiger partial charge in [-0.1, -0.05) is 0 Å². The number of amides is 1. The van der Waals surface area contributed by atoms with Gasteiger partial charge >= 0.3 is 0 Å². The Morgan fingerprint density at radius 1 is 1.41 bits per heavy atom. The van der Waals surface area contributed by atoms with Crippen LogP contribution in [0.15, 0.2) is 6.20 Å². The summed E-state index contributed by atoms with van der Waals surface area (Å²) in [4.78, 5) is 22.6. The van der Waals surface area contributed by atoms with Crippen LogP contribution in [0.1, 0.15) is 38.1 Å². The molecule has 122 valence electrons. The van der Waals surface area contributed by atoms with E-state index in [2.05, 4.69) is 20.2 Å². The van der Waals surface area contributed by atoms with E-state index in [4.69, 9.17) is 4.74 Å². The molecular weight excluding hydrogens is 280 g/mol. The summed E-state index contributed by atoms with van der Waals surface area (Å²) in [6, 6.07) is 0.191. The van der Waals surface area contributed by atoms with Gasteiger partial charge in [0.1, 0.15) is 6.10 Å². The van der Waals surface area contributed by atoms with Gasteiger partial charge in [-0.05, 0) is 40.5 Å². The third kappa shape index (κ3) is 4.94. The SMILES string of the molecule is Cc1cnc(C)c(OC2CCN(CC(=O)NC(C)C)CC2)n1. The number of hydrogen-bond acceptors (Lipinski definition) is 5. The molecule has 6 nitrogen and oxygen atoms in total. The molecular formula is C16H26N4O2. The Morgan fingerprint density at radius 3 is 2.73 bits per heavy atom. The van der Waals surface area contributed by atoms with Gasteiger partial charge in [-0.2, -0.15) is 0 Å². The molecule has 1 fully saturated rings. The molecule has 1 aromatic rings. The highest BCUT2D eigenvalue weighted by Gasteiger charge is 2.23. The predicted molar refractivity (Wildman–Crippen MR) is 84.9 cm³/mol. The lowest BCUT2D eigenvalue weighted by Crippen LogP contribution is -2.45. The Balaban J connectivity index is 1.80. The van der Waals surface area contributed by atoms with Gasteiger partial charge in [0.2, 0.25) is 11.8 Å². The van der Waals surface area contributed by atoms with E-state index in [0.29, 0.717) is 12.4 Å². The van der Waals surface area contributed by atoms with E-state index in [1.165, 1.54) is 0 Å². The van der Waals surface area contributed by atoms with Crippen molar-refractivity contribution in [2.75, 3.05) is 19.6 Å². The van der Waals surface area contributed by atoms with E-state index in [1.807, 2.05) is 27.7 Å². The third-order valence-corrected chi connectivity index (χ3v) is 3.66. The van der Waals surface area contributed by atoms with Gasteiger partial charge in [0, 0.05) is 25.3 Å². The van der Waals surface area contributed by atoms with Crippen molar-refractivity contribution in [1.29, 1.82) is 0 Å². The molecule has 0 unspecified atom stereocenters. The second-order valence-corrected chi connectivity index (χ2v) is 6.22. The van der Waals surface area contributed by atoms with Crippen LogP contribution in [0.5, 0.6) is 5.88 Å². The van der Waals surface area contributed by atoms with Crippen molar-refractivity contribution in [3.63, 3.8) is 0 Å². The van der Waals surface area contributed by atoms with Crippen molar-refractivity contribution in [3.05, 3.63) is 17.6 Å². The third-order valence-electron chi connectivity index (χ3n) is 3.66. The molecule has 22 heavy (non-hydrogen) atoms. The van der Waals surface area contributed by atoms with Gasteiger partial charge in [-0.15, -0.1) is 0 Å². The Morgan fingerprint density at radius 2 is 2.09 bits per heavy atom. The molecule has 6 heteroatoms. The zero-order chi connectivity index (χ0) is 16.1. The minimum Gasteiger partial charge on any atom is -0.473 e. The number of piperidine rings is 1. The second kappa shape index (κ2) is 7.54. The Bertz CT molecular complexity index is 511. The summed E-state index contributed by atoms with van der Waals surface area (Å²) in [5, 5.41) is 2.92. The van der Waals surface area contributed by atoms with E-state index in [1.54, 1.807) is 6.20 Å². The Hall–Kier alpha value is -1.69. The van der Waals surface area contributed by atoms with Gasteiger partial charge in [-0.3, -0.25) is 14.7 Å². The molecule has 0 atom stereocenters. The fraction of sp³-hybridized carbons (Fsp3) is 0.688. The standard InChI is InChI=1S/C16H26N4O2/c1-11(2)18-15(21)10-20-7-5-14(6-8-20)22-16-13(4)17-9-12(3)19-16/h9,11,14H,5-8,10H2,1-4H3,(H,18,21). The predicted octanol–water partition coefficient (Wildman–Crippen LogP) is 1.46. The molecule has 0 bridgehead atoms. The summed E-state index contributed by atoms with van der Waals surface area (Å²) < 4.78 is 5.98. The van der Waals surface area contributed by atoms with Crippen LogP contribution in [0.3, 0.4) is 0 Å². The van der Waals surface area contributed by atoms with Crippen LogP contribution in [0, 0.1) is 13.8 Å². The van der Waals surface area contributed by atoms with Crippen LogP contribution in [0.2, 0.25) is 0 Å². The number of nitrogens with zero attached hydrogens (tertiary/aromatic N) is 3. The smallest absolute Gasteiger partial charge is 0.235 e. The molecule has 1 N–H and O–H groups in total. The molecule has 0 radical (unpaired) electrons. The van der Waals surface area contributed by atoms with Crippen LogP contribution in [0.4, 0.5) is 0 Å². The maximum Gasteiger partial charge on any atom is 0.235 e. The molecule has 1 aliphatic heterocycles. The number of ether oxygens (including phenoxy) is 1. The lowest BCUT2D eigenvalue weighted by Gasteiger charge is -2.31. The lowest BCUT2D eigenvalue weighted by atomic mass is 10.1. The maximum atomic E-state index is 11.8. The highest BCUT2D eigenvalue weighted by atomic mass is 16.5. The number of nitrogens with one attached hydrogen (secondary N) is 1. The minimum atomic E-state index is 0.0924. The zero-order valence-electron chi connectivity index (χ0n) is 13.9. The van der Waals surface area contributed by atoms with Gasteiger partial charge in [-0.25, -0.2) is 4.98 Å². The van der Waals surface area contributed by atoms with Crippen molar-refractivity contribution in [3.8, 4) is 5.88 Å². The first-order chi connectivity index (χ1) is 10.4. The van der Waals surface area contributed by atoms with Crippen LogP contribution in [-0.2, 0) is 4.79 Å². The molecule has 1 aliphatic rings. The topological polar surface area (TPSA) is 67.3 Å². The Labute approximate surface area is 132 Å². The largest absolute Gasteiger partial charge is 0.473 e. The van der Waals surface area contributed by atoms with Gasteiger partial charge in [0.25, 0.3) is 0 Å². The van der Waals surface area contributed by atoms with E-state index in [-0.39, 0.29) is 18.1 Å². The van der Waals surface area contributed by atoms with Crippen LogP contribution < -0.4 is 10.1 Å². The highest BCUT2D eigenvalue weighted by Crippen LogP contribution is 2.19. The molecule has 1 aromatic heterocycles. The molecule has 2 heterocycles. The number of carbonyl (C=O) groups is 1. The van der Waals surface area contributed by atoms with Crippen molar-refractivity contribution in [2.24, 2.45) is 0 Å². The quantitative estimate of drug-likeness (QED) is 0.892. The lowest BCUT2D eigenvalue weighted by molar-refractivity contribution is -0.123. The first-order valence-corrected chi connectivity index (χ1v) is 7.92. The molecule has 0 aromatic carbocycles. The summed E-state index contributed by atoms with van der Waals surface area (Å²) in [6.45, 7) is 9.98. The molecule has 0 saturated carbocycles. The maximum absolute atomic E-state index is 11.8. The number of aromatic nitrogens is 2. The van der Waals surface area contributed by atoms with Crippen LogP contribution >= 0.6 is 0 Å². The fourth-order valence-corrected chi connectivity index (χ4v) is 2.54. The van der Waals surface area contributed by atoms with Crippen LogP contribution in [-0.4, -0.2) is 52.6 Å². The molecule has 2 rings (SSSR count).